The number of aromatic nitrogens is 3. The number of pyridine rings is 1. The van der Waals surface area contributed by atoms with Crippen molar-refractivity contribution in [2.45, 2.75) is 48.8 Å². The zero-order valence-electron chi connectivity index (χ0n) is 27.9. The van der Waals surface area contributed by atoms with Crippen LogP contribution >= 0.6 is 0 Å². The summed E-state index contributed by atoms with van der Waals surface area (Å²) < 4.78 is 111. The van der Waals surface area contributed by atoms with E-state index < -0.39 is 44.0 Å². The molecular formula is C34H37F5N6O4S. The van der Waals surface area contributed by atoms with Crippen molar-refractivity contribution in [3.8, 4) is 11.5 Å². The average molecular weight is 721 g/mol. The Labute approximate surface area is 287 Å². The standard InChI is InChI=1S/C34H37F5N6O4S/c1-43(2)33(14-11-24-7-5-8-30(42-24)34(37,38)39)13-6-16-44(21-33)25-17-27(35)32(28(36)18-25)50(46,47)45(31-12-15-40-22-41-31)20-23-9-10-26(48-3)19-29(23)49-4/h5,7-10,12,15,17-19,22H,6,11,13-14,16,20-21H2,1-4H3. The van der Waals surface area contributed by atoms with Crippen molar-refractivity contribution in [3.63, 3.8) is 0 Å². The van der Waals surface area contributed by atoms with Crippen molar-refractivity contribution in [2.75, 3.05) is 50.6 Å². The number of piperidine rings is 1. The monoisotopic (exact) mass is 720 g/mol. The maximum Gasteiger partial charge on any atom is 0.433 e. The van der Waals surface area contributed by atoms with E-state index in [2.05, 4.69) is 15.0 Å². The molecule has 1 aliphatic rings. The quantitative estimate of drug-likeness (QED) is 0.161. The highest BCUT2D eigenvalue weighted by molar-refractivity contribution is 7.92. The maximum atomic E-state index is 16.0. The van der Waals surface area contributed by atoms with Crippen LogP contribution in [0.4, 0.5) is 33.5 Å². The first-order valence-electron chi connectivity index (χ1n) is 15.6. The molecule has 1 atom stereocenters. The minimum Gasteiger partial charge on any atom is -0.497 e. The average Bonchev–Trinajstić information content (AvgIpc) is 3.09. The number of methoxy groups -OCH3 is 2. The second-order valence-corrected chi connectivity index (χ2v) is 14.0. The van der Waals surface area contributed by atoms with Gasteiger partial charge >= 0.3 is 6.18 Å². The predicted octanol–water partition coefficient (Wildman–Crippen LogP) is 6.11. The van der Waals surface area contributed by atoms with Gasteiger partial charge in [0.05, 0.1) is 20.8 Å². The van der Waals surface area contributed by atoms with E-state index in [4.69, 9.17) is 9.47 Å². The SMILES string of the molecule is COc1ccc(CN(c2ccncn2)S(=O)(=O)c2c(F)cc(N3CCCC(CCc4cccc(C(F)(F)F)n4)(N(C)C)C3)cc2F)c(OC)c1. The van der Waals surface area contributed by atoms with Crippen LogP contribution in [0.2, 0.25) is 0 Å². The van der Waals surface area contributed by atoms with Gasteiger partial charge in [0.25, 0.3) is 10.0 Å². The number of likely N-dealkylation sites (N-methyl/N-ethyl adjacent to an activating group) is 1. The molecule has 10 nitrogen and oxygen atoms in total. The largest absolute Gasteiger partial charge is 0.497 e. The Kier molecular flexibility index (Phi) is 10.8. The molecule has 0 spiro atoms. The molecule has 50 heavy (non-hydrogen) atoms. The molecule has 1 saturated heterocycles. The van der Waals surface area contributed by atoms with E-state index in [9.17, 15) is 21.6 Å². The summed E-state index contributed by atoms with van der Waals surface area (Å²) in [7, 11) is 1.65. The molecular weight excluding hydrogens is 683 g/mol. The molecule has 0 N–H and O–H groups in total. The number of alkyl halides is 3. The molecule has 0 aliphatic carbocycles. The van der Waals surface area contributed by atoms with Gasteiger partial charge in [0.2, 0.25) is 0 Å². The summed E-state index contributed by atoms with van der Waals surface area (Å²) >= 11 is 0. The molecule has 4 aromatic rings. The van der Waals surface area contributed by atoms with Crippen LogP contribution in [0.15, 0.2) is 72.0 Å². The van der Waals surface area contributed by atoms with E-state index in [0.29, 0.717) is 37.1 Å². The Balaban J connectivity index is 1.45. The van der Waals surface area contributed by atoms with E-state index >= 15 is 8.78 Å². The van der Waals surface area contributed by atoms with Crippen LogP contribution in [0.3, 0.4) is 0 Å². The number of hydrogen-bond acceptors (Lipinski definition) is 9. The van der Waals surface area contributed by atoms with E-state index in [1.54, 1.807) is 29.2 Å². The molecule has 5 rings (SSSR count). The third kappa shape index (κ3) is 7.75. The third-order valence-electron chi connectivity index (χ3n) is 8.97. The van der Waals surface area contributed by atoms with Gasteiger partial charge < -0.3 is 19.3 Å². The number of nitrogens with zero attached hydrogens (tertiary/aromatic N) is 6. The summed E-state index contributed by atoms with van der Waals surface area (Å²) in [6.45, 7) is 0.326. The Bertz CT molecular complexity index is 1890. The summed E-state index contributed by atoms with van der Waals surface area (Å²) in [5, 5.41) is 0. The molecule has 0 saturated carbocycles. The van der Waals surface area contributed by atoms with Crippen LogP contribution in [0.1, 0.15) is 36.2 Å². The Hall–Kier alpha value is -4.57. The second kappa shape index (κ2) is 14.7. The summed E-state index contributed by atoms with van der Waals surface area (Å²) in [4.78, 5) is 14.2. The molecule has 0 amide bonds. The van der Waals surface area contributed by atoms with Crippen LogP contribution in [0.5, 0.6) is 11.5 Å². The first-order chi connectivity index (χ1) is 23.7. The Morgan fingerprint density at radius 2 is 1.74 bits per heavy atom. The third-order valence-corrected chi connectivity index (χ3v) is 10.8. The van der Waals surface area contributed by atoms with Crippen molar-refractivity contribution < 1.29 is 39.8 Å². The number of benzene rings is 2. The number of ether oxygens (including phenoxy) is 2. The lowest BCUT2D eigenvalue weighted by molar-refractivity contribution is -0.141. The van der Waals surface area contributed by atoms with E-state index in [1.807, 2.05) is 19.0 Å². The van der Waals surface area contributed by atoms with Gasteiger partial charge in [-0.1, -0.05) is 6.07 Å². The zero-order chi connectivity index (χ0) is 36.3. The van der Waals surface area contributed by atoms with Crippen molar-refractivity contribution in [1.29, 1.82) is 0 Å². The first kappa shape index (κ1) is 36.7. The first-order valence-corrected chi connectivity index (χ1v) is 17.1. The highest BCUT2D eigenvalue weighted by atomic mass is 32.2. The predicted molar refractivity (Wildman–Crippen MR) is 177 cm³/mol. The highest BCUT2D eigenvalue weighted by Gasteiger charge is 2.39. The highest BCUT2D eigenvalue weighted by Crippen LogP contribution is 2.37. The Morgan fingerprint density at radius 3 is 2.36 bits per heavy atom. The minimum atomic E-state index is -4.90. The van der Waals surface area contributed by atoms with E-state index in [-0.39, 0.29) is 42.5 Å². The van der Waals surface area contributed by atoms with Gasteiger partial charge in [-0.15, -0.1) is 0 Å². The van der Waals surface area contributed by atoms with Crippen LogP contribution in [-0.4, -0.2) is 75.2 Å². The van der Waals surface area contributed by atoms with Gasteiger partial charge in [-0.2, -0.15) is 13.2 Å². The van der Waals surface area contributed by atoms with Gasteiger partial charge in [-0.25, -0.2) is 36.5 Å². The second-order valence-electron chi connectivity index (χ2n) is 12.2. The topological polar surface area (TPSA) is 101 Å². The van der Waals surface area contributed by atoms with Crippen LogP contribution < -0.4 is 18.7 Å². The summed E-state index contributed by atoms with van der Waals surface area (Å²) in [5.74, 6) is -1.97. The smallest absolute Gasteiger partial charge is 0.433 e. The van der Waals surface area contributed by atoms with Crippen LogP contribution in [-0.2, 0) is 29.2 Å². The van der Waals surface area contributed by atoms with Gasteiger partial charge in [-0.3, -0.25) is 0 Å². The fraction of sp³-hybridized carbons (Fsp3) is 0.382. The molecule has 3 heterocycles. The van der Waals surface area contributed by atoms with E-state index in [0.717, 1.165) is 28.8 Å². The molecule has 2 aromatic heterocycles. The molecule has 2 aromatic carbocycles. The maximum absolute atomic E-state index is 16.0. The number of halogens is 5. The van der Waals surface area contributed by atoms with Crippen LogP contribution in [0, 0.1) is 11.6 Å². The van der Waals surface area contributed by atoms with Gasteiger partial charge in [-0.05, 0) is 76.2 Å². The normalized spacial score (nSPS) is 16.8. The molecule has 1 aliphatic heterocycles. The summed E-state index contributed by atoms with van der Waals surface area (Å²) in [6.07, 6.45) is -0.187. The van der Waals surface area contributed by atoms with Crippen molar-refractivity contribution in [3.05, 3.63) is 95.7 Å². The Morgan fingerprint density at radius 1 is 1.00 bits per heavy atom. The molecule has 0 bridgehead atoms. The molecule has 1 fully saturated rings. The van der Waals surface area contributed by atoms with E-state index in [1.165, 1.54) is 32.5 Å². The van der Waals surface area contributed by atoms with Gasteiger partial charge in [0.1, 0.15) is 41.0 Å². The number of anilines is 2. The van der Waals surface area contributed by atoms with Crippen molar-refractivity contribution >= 4 is 21.5 Å². The zero-order valence-corrected chi connectivity index (χ0v) is 28.7. The van der Waals surface area contributed by atoms with Gasteiger partial charge in [0.15, 0.2) is 4.90 Å². The number of hydrogen-bond donors (Lipinski definition) is 0. The number of rotatable bonds is 12. The van der Waals surface area contributed by atoms with Crippen molar-refractivity contribution in [1.82, 2.24) is 19.9 Å². The molecule has 0 radical (unpaired) electrons. The van der Waals surface area contributed by atoms with Gasteiger partial charge in [0, 0.05) is 53.9 Å². The summed E-state index contributed by atoms with van der Waals surface area (Å²) in [5.41, 5.74) is -0.756. The summed E-state index contributed by atoms with van der Waals surface area (Å²) in [6, 6.07) is 11.8. The molecule has 16 heteroatoms. The number of aryl methyl sites for hydroxylation is 1. The lowest BCUT2D eigenvalue weighted by Crippen LogP contribution is -2.56. The van der Waals surface area contributed by atoms with Crippen LogP contribution in [0.25, 0.3) is 0 Å². The molecule has 268 valence electrons. The van der Waals surface area contributed by atoms with Crippen molar-refractivity contribution in [2.24, 2.45) is 0 Å². The lowest BCUT2D eigenvalue weighted by atomic mass is 9.82. The minimum absolute atomic E-state index is 0.122. The number of sulfonamides is 1. The fourth-order valence-corrected chi connectivity index (χ4v) is 7.70. The lowest BCUT2D eigenvalue weighted by Gasteiger charge is -2.48. The molecule has 1 unspecified atom stereocenters. The fourth-order valence-electron chi connectivity index (χ4n) is 6.21.